The number of imide groups is 1. The molecule has 2 aromatic rings. The van der Waals surface area contributed by atoms with E-state index in [0.29, 0.717) is 29.8 Å². The van der Waals surface area contributed by atoms with Gasteiger partial charge in [-0.05, 0) is 41.0 Å². The fourth-order valence-corrected chi connectivity index (χ4v) is 6.03. The van der Waals surface area contributed by atoms with E-state index in [4.69, 9.17) is 0 Å². The molecule has 0 bridgehead atoms. The number of carbonyl (C=O) groups is 4. The third-order valence-electron chi connectivity index (χ3n) is 6.83. The van der Waals surface area contributed by atoms with Crippen LogP contribution in [-0.2, 0) is 27.2 Å². The highest BCUT2D eigenvalue weighted by Gasteiger charge is 2.54. The summed E-state index contributed by atoms with van der Waals surface area (Å²) in [6, 6.07) is 7.32. The number of likely N-dealkylation sites (N-methyl/N-ethyl adjacent to an activating group) is 1. The average Bonchev–Trinajstić information content (AvgIpc) is 3.27. The molecular weight excluding hydrogens is 478 g/mol. The SMILES string of the molecule is CN1C(=O)NC(=O)[C@@]12Cc1ccc(NC(=O)CN3C(=O)CSC[C@H]3c3cc(F)cc(F)c3)cc1C2. The van der Waals surface area contributed by atoms with Crippen molar-refractivity contribution in [1.29, 1.82) is 0 Å². The first-order valence-electron chi connectivity index (χ1n) is 11.0. The second-order valence-electron chi connectivity index (χ2n) is 8.99. The molecule has 5 rings (SSSR count). The fraction of sp³-hybridized carbons (Fsp3) is 0.333. The first-order valence-corrected chi connectivity index (χ1v) is 12.2. The van der Waals surface area contributed by atoms with E-state index >= 15 is 0 Å². The molecule has 35 heavy (non-hydrogen) atoms. The zero-order chi connectivity index (χ0) is 24.9. The van der Waals surface area contributed by atoms with Crippen molar-refractivity contribution in [2.24, 2.45) is 0 Å². The minimum atomic E-state index is -0.965. The van der Waals surface area contributed by atoms with Crippen molar-refractivity contribution in [1.82, 2.24) is 15.1 Å². The van der Waals surface area contributed by atoms with Gasteiger partial charge >= 0.3 is 6.03 Å². The molecule has 2 fully saturated rings. The minimum Gasteiger partial charge on any atom is -0.325 e. The Morgan fingerprint density at radius 2 is 1.83 bits per heavy atom. The highest BCUT2D eigenvalue weighted by Crippen LogP contribution is 2.38. The van der Waals surface area contributed by atoms with Crippen molar-refractivity contribution in [2.45, 2.75) is 24.4 Å². The number of urea groups is 1. The van der Waals surface area contributed by atoms with Crippen molar-refractivity contribution >= 4 is 41.2 Å². The molecule has 182 valence electrons. The van der Waals surface area contributed by atoms with Crippen LogP contribution in [0, 0.1) is 11.6 Å². The van der Waals surface area contributed by atoms with Crippen LogP contribution in [0.5, 0.6) is 0 Å². The summed E-state index contributed by atoms with van der Waals surface area (Å²) in [6.45, 7) is -0.275. The Bertz CT molecular complexity index is 1250. The van der Waals surface area contributed by atoms with Crippen LogP contribution in [0.2, 0.25) is 0 Å². The number of thioether (sulfide) groups is 1. The third kappa shape index (κ3) is 4.13. The lowest BCUT2D eigenvalue weighted by Gasteiger charge is -2.35. The molecular formula is C24H22F2N4O4S. The number of halogens is 2. The van der Waals surface area contributed by atoms with Crippen LogP contribution >= 0.6 is 11.8 Å². The highest BCUT2D eigenvalue weighted by atomic mass is 32.2. The lowest BCUT2D eigenvalue weighted by molar-refractivity contribution is -0.134. The summed E-state index contributed by atoms with van der Waals surface area (Å²) < 4.78 is 27.5. The first-order chi connectivity index (χ1) is 16.7. The molecule has 5 amide bonds. The van der Waals surface area contributed by atoms with Crippen LogP contribution in [0.3, 0.4) is 0 Å². The van der Waals surface area contributed by atoms with Gasteiger partial charge in [-0.1, -0.05) is 6.07 Å². The van der Waals surface area contributed by atoms with Gasteiger partial charge in [0.25, 0.3) is 5.91 Å². The van der Waals surface area contributed by atoms with E-state index in [2.05, 4.69) is 10.6 Å². The van der Waals surface area contributed by atoms with Gasteiger partial charge in [0.15, 0.2) is 0 Å². The molecule has 0 radical (unpaired) electrons. The summed E-state index contributed by atoms with van der Waals surface area (Å²) in [5.41, 5.74) is 1.58. The number of anilines is 1. The number of rotatable bonds is 4. The predicted molar refractivity (Wildman–Crippen MR) is 125 cm³/mol. The largest absolute Gasteiger partial charge is 0.325 e. The molecule has 2 saturated heterocycles. The number of nitrogens with zero attached hydrogens (tertiary/aromatic N) is 2. The van der Waals surface area contributed by atoms with Gasteiger partial charge in [0, 0.05) is 37.4 Å². The summed E-state index contributed by atoms with van der Waals surface area (Å²) >= 11 is 1.35. The second-order valence-corrected chi connectivity index (χ2v) is 10.0. The lowest BCUT2D eigenvalue weighted by atomic mass is 9.95. The summed E-state index contributed by atoms with van der Waals surface area (Å²) in [5, 5.41) is 5.12. The fourth-order valence-electron chi connectivity index (χ4n) is 4.98. The number of nitrogens with one attached hydrogen (secondary N) is 2. The Kier molecular flexibility index (Phi) is 5.74. The number of fused-ring (bicyclic) bond motifs is 1. The van der Waals surface area contributed by atoms with Crippen LogP contribution in [0.25, 0.3) is 0 Å². The van der Waals surface area contributed by atoms with Gasteiger partial charge in [-0.2, -0.15) is 0 Å². The van der Waals surface area contributed by atoms with Crippen LogP contribution in [0.1, 0.15) is 22.7 Å². The standard InChI is InChI=1S/C24H22F2N4O4S/c1-29-23(34)28-22(33)24(29)8-13-2-3-18(6-15(13)9-24)27-20(31)10-30-19(11-35-12-21(30)32)14-4-16(25)7-17(26)5-14/h2-7,19H,8-12H2,1H3,(H,27,31)(H,28,33,34)/t19-,24-/m0/s1. The van der Waals surface area contributed by atoms with Crippen LogP contribution < -0.4 is 10.6 Å². The molecule has 8 nitrogen and oxygen atoms in total. The Hall–Kier alpha value is -3.47. The Labute approximate surface area is 204 Å². The van der Waals surface area contributed by atoms with E-state index in [-0.39, 0.29) is 24.1 Å². The molecule has 3 aliphatic rings. The summed E-state index contributed by atoms with van der Waals surface area (Å²) in [6.07, 6.45) is 0.714. The minimum absolute atomic E-state index is 0.177. The van der Waals surface area contributed by atoms with Gasteiger partial charge in [0.05, 0.1) is 11.8 Å². The molecule has 0 saturated carbocycles. The summed E-state index contributed by atoms with van der Waals surface area (Å²) in [7, 11) is 1.59. The molecule has 0 unspecified atom stereocenters. The topological polar surface area (TPSA) is 98.8 Å². The van der Waals surface area contributed by atoms with Gasteiger partial charge in [-0.25, -0.2) is 13.6 Å². The Balaban J connectivity index is 1.31. The van der Waals surface area contributed by atoms with Crippen molar-refractivity contribution in [3.63, 3.8) is 0 Å². The molecule has 1 aliphatic carbocycles. The van der Waals surface area contributed by atoms with E-state index in [0.717, 1.165) is 17.2 Å². The van der Waals surface area contributed by atoms with E-state index in [1.807, 2.05) is 6.07 Å². The molecule has 2 aliphatic heterocycles. The summed E-state index contributed by atoms with van der Waals surface area (Å²) in [4.78, 5) is 52.6. The van der Waals surface area contributed by atoms with Crippen LogP contribution in [0.4, 0.5) is 19.3 Å². The molecule has 11 heteroatoms. The predicted octanol–water partition coefficient (Wildman–Crippen LogP) is 2.24. The van der Waals surface area contributed by atoms with Crippen LogP contribution in [0.15, 0.2) is 36.4 Å². The van der Waals surface area contributed by atoms with Crippen molar-refractivity contribution in [3.8, 4) is 0 Å². The molecule has 2 heterocycles. The first kappa shape index (κ1) is 23.3. The average molecular weight is 501 g/mol. The zero-order valence-electron chi connectivity index (χ0n) is 18.8. The quantitative estimate of drug-likeness (QED) is 0.628. The smallest absolute Gasteiger partial charge is 0.324 e. The number of benzene rings is 2. The maximum atomic E-state index is 13.8. The lowest BCUT2D eigenvalue weighted by Crippen LogP contribution is -2.48. The van der Waals surface area contributed by atoms with Crippen LogP contribution in [-0.4, -0.2) is 64.2 Å². The third-order valence-corrected chi connectivity index (χ3v) is 7.83. The number of hydrogen-bond donors (Lipinski definition) is 2. The Morgan fingerprint density at radius 1 is 1.11 bits per heavy atom. The second kappa shape index (κ2) is 8.63. The van der Waals surface area contributed by atoms with E-state index < -0.39 is 35.2 Å². The molecule has 0 aromatic heterocycles. The maximum absolute atomic E-state index is 13.8. The van der Waals surface area contributed by atoms with Gasteiger partial charge in [-0.15, -0.1) is 11.8 Å². The van der Waals surface area contributed by atoms with Gasteiger partial charge < -0.3 is 15.1 Å². The van der Waals surface area contributed by atoms with Gasteiger partial charge in [0.2, 0.25) is 11.8 Å². The zero-order valence-corrected chi connectivity index (χ0v) is 19.6. The number of hydrogen-bond acceptors (Lipinski definition) is 5. The van der Waals surface area contributed by atoms with Crippen molar-refractivity contribution in [2.75, 3.05) is 30.4 Å². The number of amides is 5. The van der Waals surface area contributed by atoms with E-state index in [1.165, 1.54) is 33.7 Å². The molecule has 2 N–H and O–H groups in total. The normalized spacial score (nSPS) is 23.6. The summed E-state index contributed by atoms with van der Waals surface area (Å²) in [5.74, 6) is -1.98. The van der Waals surface area contributed by atoms with Crippen molar-refractivity contribution in [3.05, 3.63) is 64.7 Å². The van der Waals surface area contributed by atoms with Gasteiger partial charge in [0.1, 0.15) is 23.7 Å². The van der Waals surface area contributed by atoms with E-state index in [1.54, 1.807) is 19.2 Å². The monoisotopic (exact) mass is 500 g/mol. The highest BCUT2D eigenvalue weighted by molar-refractivity contribution is 8.00. The molecule has 1 spiro atoms. The van der Waals surface area contributed by atoms with E-state index in [9.17, 15) is 28.0 Å². The Morgan fingerprint density at radius 3 is 2.51 bits per heavy atom. The molecule has 2 aromatic carbocycles. The van der Waals surface area contributed by atoms with Gasteiger partial charge in [-0.3, -0.25) is 19.7 Å². The molecule has 2 atom stereocenters. The van der Waals surface area contributed by atoms with Crippen molar-refractivity contribution < 1.29 is 28.0 Å². The maximum Gasteiger partial charge on any atom is 0.324 e. The number of carbonyl (C=O) groups excluding carboxylic acids is 4.